The molecule has 0 unspecified atom stereocenters. The molecule has 2 amide bonds. The molecule has 0 fully saturated rings. The van der Waals surface area contributed by atoms with E-state index < -0.39 is 0 Å². The smallest absolute Gasteiger partial charge is 0.243 e. The van der Waals surface area contributed by atoms with Crippen LogP contribution in [-0.4, -0.2) is 36.9 Å². The quantitative estimate of drug-likeness (QED) is 0.832. The molecule has 1 aromatic carbocycles. The van der Waals surface area contributed by atoms with E-state index in [0.717, 1.165) is 6.42 Å². The van der Waals surface area contributed by atoms with Gasteiger partial charge >= 0.3 is 0 Å². The fourth-order valence-electron chi connectivity index (χ4n) is 1.82. The van der Waals surface area contributed by atoms with Gasteiger partial charge in [0.15, 0.2) is 0 Å². The van der Waals surface area contributed by atoms with E-state index >= 15 is 0 Å². The molecule has 1 N–H and O–H groups in total. The molecular weight excluding hydrogens is 256 g/mol. The summed E-state index contributed by atoms with van der Waals surface area (Å²) in [6, 6.07) is 7.12. The highest BCUT2D eigenvalue weighted by Gasteiger charge is 2.14. The predicted octanol–water partition coefficient (Wildman–Crippen LogP) is 2.28. The summed E-state index contributed by atoms with van der Waals surface area (Å²) in [4.78, 5) is 25.3. The minimum atomic E-state index is -0.204. The van der Waals surface area contributed by atoms with E-state index in [9.17, 15) is 9.59 Å². The number of nitrogens with one attached hydrogen (secondary N) is 1. The molecule has 0 saturated heterocycles. The van der Waals surface area contributed by atoms with Crippen molar-refractivity contribution in [1.82, 2.24) is 4.90 Å². The molecule has 5 nitrogen and oxygen atoms in total. The van der Waals surface area contributed by atoms with Crippen molar-refractivity contribution in [3.63, 3.8) is 0 Å². The highest BCUT2D eigenvalue weighted by atomic mass is 16.5. The molecule has 1 rings (SSSR count). The summed E-state index contributed by atoms with van der Waals surface area (Å²) in [6.45, 7) is 4.42. The minimum absolute atomic E-state index is 0.00999. The number of rotatable bonds is 7. The van der Waals surface area contributed by atoms with Gasteiger partial charge in [-0.1, -0.05) is 13.0 Å². The van der Waals surface area contributed by atoms with Crippen molar-refractivity contribution in [2.45, 2.75) is 26.7 Å². The van der Waals surface area contributed by atoms with E-state index in [1.165, 1.54) is 0 Å². The van der Waals surface area contributed by atoms with Crippen LogP contribution in [-0.2, 0) is 9.59 Å². The second-order valence-electron chi connectivity index (χ2n) is 4.44. The number of benzene rings is 1. The van der Waals surface area contributed by atoms with Crippen LogP contribution in [0.15, 0.2) is 24.3 Å². The Morgan fingerprint density at radius 3 is 2.65 bits per heavy atom. The molecule has 5 heteroatoms. The van der Waals surface area contributed by atoms with Crippen molar-refractivity contribution in [2.75, 3.05) is 25.5 Å². The number of hydrogen-bond acceptors (Lipinski definition) is 3. The van der Waals surface area contributed by atoms with Crippen LogP contribution in [0.4, 0.5) is 5.69 Å². The third kappa shape index (κ3) is 4.91. The van der Waals surface area contributed by atoms with Crippen LogP contribution in [0.5, 0.6) is 5.75 Å². The van der Waals surface area contributed by atoms with E-state index in [2.05, 4.69) is 5.32 Å². The average molecular weight is 278 g/mol. The van der Waals surface area contributed by atoms with Gasteiger partial charge in [-0.05, 0) is 25.5 Å². The average Bonchev–Trinajstić information content (AvgIpc) is 2.45. The van der Waals surface area contributed by atoms with E-state index in [1.54, 1.807) is 36.3 Å². The lowest BCUT2D eigenvalue weighted by molar-refractivity contribution is -0.134. The van der Waals surface area contributed by atoms with Crippen LogP contribution < -0.4 is 10.1 Å². The monoisotopic (exact) mass is 278 g/mol. The Bertz CT molecular complexity index is 460. The van der Waals surface area contributed by atoms with Crippen LogP contribution in [0, 0.1) is 0 Å². The van der Waals surface area contributed by atoms with Gasteiger partial charge in [0.2, 0.25) is 11.8 Å². The molecule has 0 atom stereocenters. The molecular formula is C15H22N2O3. The van der Waals surface area contributed by atoms with Crippen LogP contribution in [0.3, 0.4) is 0 Å². The zero-order chi connectivity index (χ0) is 15.0. The SMILES string of the molecule is CCCC(=O)N(CC)CC(=O)Nc1cccc(OC)c1. The molecule has 0 aliphatic rings. The molecule has 20 heavy (non-hydrogen) atoms. The van der Waals surface area contributed by atoms with Crippen LogP contribution in [0.2, 0.25) is 0 Å². The van der Waals surface area contributed by atoms with Crippen molar-refractivity contribution in [1.29, 1.82) is 0 Å². The summed E-state index contributed by atoms with van der Waals surface area (Å²) < 4.78 is 5.09. The number of anilines is 1. The van der Waals surface area contributed by atoms with E-state index in [-0.39, 0.29) is 18.4 Å². The summed E-state index contributed by atoms with van der Waals surface area (Å²) in [5, 5.41) is 2.77. The Morgan fingerprint density at radius 2 is 2.05 bits per heavy atom. The first-order valence-electron chi connectivity index (χ1n) is 6.82. The fraction of sp³-hybridized carbons (Fsp3) is 0.467. The van der Waals surface area contributed by atoms with E-state index in [1.807, 2.05) is 13.8 Å². The summed E-state index contributed by atoms with van der Waals surface area (Å²) in [5.74, 6) is 0.484. The molecule has 1 aromatic rings. The molecule has 0 radical (unpaired) electrons. The first-order valence-corrected chi connectivity index (χ1v) is 6.82. The maximum Gasteiger partial charge on any atom is 0.243 e. The van der Waals surface area contributed by atoms with Crippen LogP contribution in [0.1, 0.15) is 26.7 Å². The van der Waals surface area contributed by atoms with Crippen molar-refractivity contribution >= 4 is 17.5 Å². The lowest BCUT2D eigenvalue weighted by Gasteiger charge is -2.20. The Kier molecular flexibility index (Phi) is 6.56. The summed E-state index contributed by atoms with van der Waals surface area (Å²) in [6.07, 6.45) is 1.26. The van der Waals surface area contributed by atoms with Gasteiger partial charge in [0.25, 0.3) is 0 Å². The standard InChI is InChI=1S/C15H22N2O3/c1-4-7-15(19)17(5-2)11-14(18)16-12-8-6-9-13(10-12)20-3/h6,8-10H,4-5,7,11H2,1-3H3,(H,16,18). The highest BCUT2D eigenvalue weighted by molar-refractivity contribution is 5.94. The summed E-state index contributed by atoms with van der Waals surface area (Å²) in [5.41, 5.74) is 0.661. The van der Waals surface area contributed by atoms with E-state index in [4.69, 9.17) is 4.74 Å². The fourth-order valence-corrected chi connectivity index (χ4v) is 1.82. The number of carbonyl (C=O) groups excluding carboxylic acids is 2. The van der Waals surface area contributed by atoms with Gasteiger partial charge in [0, 0.05) is 24.7 Å². The number of likely N-dealkylation sites (N-methyl/N-ethyl adjacent to an activating group) is 1. The van der Waals surface area contributed by atoms with Crippen LogP contribution in [0.25, 0.3) is 0 Å². The molecule has 0 aliphatic heterocycles. The van der Waals surface area contributed by atoms with Crippen molar-refractivity contribution in [3.05, 3.63) is 24.3 Å². The van der Waals surface area contributed by atoms with Gasteiger partial charge in [0.05, 0.1) is 13.7 Å². The number of amides is 2. The third-order valence-corrected chi connectivity index (χ3v) is 2.89. The largest absolute Gasteiger partial charge is 0.497 e. The van der Waals surface area contributed by atoms with Crippen molar-refractivity contribution in [3.8, 4) is 5.75 Å². The number of nitrogens with zero attached hydrogens (tertiary/aromatic N) is 1. The molecule has 110 valence electrons. The topological polar surface area (TPSA) is 58.6 Å². The zero-order valence-electron chi connectivity index (χ0n) is 12.3. The zero-order valence-corrected chi connectivity index (χ0v) is 12.3. The maximum atomic E-state index is 11.9. The molecule has 0 aliphatic carbocycles. The van der Waals surface area contributed by atoms with Gasteiger partial charge in [-0.2, -0.15) is 0 Å². The number of carbonyl (C=O) groups is 2. The predicted molar refractivity (Wildman–Crippen MR) is 78.8 cm³/mol. The Balaban J connectivity index is 2.59. The van der Waals surface area contributed by atoms with Gasteiger partial charge in [-0.15, -0.1) is 0 Å². The Morgan fingerprint density at radius 1 is 1.30 bits per heavy atom. The number of ether oxygens (including phenoxy) is 1. The Labute approximate surface area is 119 Å². The highest BCUT2D eigenvalue weighted by Crippen LogP contribution is 2.16. The molecule has 0 aromatic heterocycles. The Hall–Kier alpha value is -2.04. The van der Waals surface area contributed by atoms with Gasteiger partial charge in [-0.25, -0.2) is 0 Å². The molecule has 0 spiro atoms. The number of methoxy groups -OCH3 is 1. The lowest BCUT2D eigenvalue weighted by Crippen LogP contribution is -2.37. The van der Waals surface area contributed by atoms with Gasteiger partial charge < -0.3 is 15.0 Å². The summed E-state index contributed by atoms with van der Waals surface area (Å²) in [7, 11) is 1.57. The second-order valence-corrected chi connectivity index (χ2v) is 4.44. The van der Waals surface area contributed by atoms with E-state index in [0.29, 0.717) is 24.4 Å². The van der Waals surface area contributed by atoms with Gasteiger partial charge in [-0.3, -0.25) is 9.59 Å². The lowest BCUT2D eigenvalue weighted by atomic mass is 10.2. The summed E-state index contributed by atoms with van der Waals surface area (Å²) >= 11 is 0. The van der Waals surface area contributed by atoms with Gasteiger partial charge in [0.1, 0.15) is 5.75 Å². The minimum Gasteiger partial charge on any atom is -0.497 e. The normalized spacial score (nSPS) is 9.95. The van der Waals surface area contributed by atoms with Crippen LogP contribution >= 0.6 is 0 Å². The molecule has 0 saturated carbocycles. The third-order valence-electron chi connectivity index (χ3n) is 2.89. The second kappa shape index (κ2) is 8.19. The number of hydrogen-bond donors (Lipinski definition) is 1. The first-order chi connectivity index (χ1) is 9.60. The van der Waals surface area contributed by atoms with Crippen molar-refractivity contribution in [2.24, 2.45) is 0 Å². The van der Waals surface area contributed by atoms with Crippen molar-refractivity contribution < 1.29 is 14.3 Å². The maximum absolute atomic E-state index is 11.9. The molecule has 0 bridgehead atoms. The molecule has 0 heterocycles. The first kappa shape index (κ1) is 16.0.